The van der Waals surface area contributed by atoms with Gasteiger partial charge in [-0.1, -0.05) is 32.0 Å². The van der Waals surface area contributed by atoms with Gasteiger partial charge in [-0.3, -0.25) is 4.79 Å². The Labute approximate surface area is 167 Å². The molecule has 0 radical (unpaired) electrons. The summed E-state index contributed by atoms with van der Waals surface area (Å²) >= 11 is 1.48. The number of rotatable bonds is 6. The molecule has 0 aliphatic heterocycles. The molecule has 1 amide bonds. The van der Waals surface area contributed by atoms with Gasteiger partial charge >= 0.3 is 0 Å². The molecule has 3 aromatic rings. The third kappa shape index (κ3) is 4.86. The fourth-order valence-electron chi connectivity index (χ4n) is 2.32. The van der Waals surface area contributed by atoms with Crippen LogP contribution in [0.5, 0.6) is 0 Å². The number of carbonyl (C=O) groups excluding carboxylic acids is 1. The van der Waals surface area contributed by atoms with Crippen molar-refractivity contribution < 1.29 is 17.7 Å². The summed E-state index contributed by atoms with van der Waals surface area (Å²) < 4.78 is 32.5. The van der Waals surface area contributed by atoms with Crippen LogP contribution in [0.4, 0.5) is 5.82 Å². The summed E-state index contributed by atoms with van der Waals surface area (Å²) in [5.74, 6) is 0.564. The molecular formula is C19H21N3O4S2. The smallest absolute Gasteiger partial charge is 0.256 e. The summed E-state index contributed by atoms with van der Waals surface area (Å²) in [6.45, 7) is 6.16. The third-order valence-corrected chi connectivity index (χ3v) is 6.23. The normalized spacial score (nSPS) is 12.1. The van der Waals surface area contributed by atoms with E-state index in [1.165, 1.54) is 35.6 Å². The van der Waals surface area contributed by atoms with E-state index in [2.05, 4.69) is 15.2 Å². The molecular weight excluding hydrogens is 398 g/mol. The van der Waals surface area contributed by atoms with Gasteiger partial charge in [-0.25, -0.2) is 13.1 Å². The van der Waals surface area contributed by atoms with Crippen LogP contribution in [0, 0.1) is 0 Å². The molecule has 0 spiro atoms. The van der Waals surface area contributed by atoms with E-state index in [9.17, 15) is 13.2 Å². The molecule has 0 saturated carbocycles. The van der Waals surface area contributed by atoms with Crippen molar-refractivity contribution >= 4 is 33.1 Å². The van der Waals surface area contributed by atoms with Gasteiger partial charge in [-0.05, 0) is 35.7 Å². The Balaban J connectivity index is 1.66. The Kier molecular flexibility index (Phi) is 5.69. The topological polar surface area (TPSA) is 101 Å². The number of benzene rings is 1. The average Bonchev–Trinajstić information content (AvgIpc) is 3.31. The van der Waals surface area contributed by atoms with Crippen LogP contribution in [-0.2, 0) is 22.0 Å². The lowest BCUT2D eigenvalue weighted by atomic mass is 9.93. The highest BCUT2D eigenvalue weighted by Gasteiger charge is 2.21. The van der Waals surface area contributed by atoms with Gasteiger partial charge in [-0.2, -0.15) is 0 Å². The number of amides is 1. The van der Waals surface area contributed by atoms with E-state index >= 15 is 0 Å². The molecule has 0 fully saturated rings. The van der Waals surface area contributed by atoms with Gasteiger partial charge in [0.2, 0.25) is 10.0 Å². The SMILES string of the molecule is CC(C)(C)c1cc(NC(=O)c2ccc(S(=O)(=O)NCc3cccs3)cc2)no1. The number of nitrogens with zero attached hydrogens (tertiary/aromatic N) is 1. The Bertz CT molecular complexity index is 1050. The minimum absolute atomic E-state index is 0.0945. The number of nitrogens with one attached hydrogen (secondary N) is 2. The quantitative estimate of drug-likeness (QED) is 0.633. The van der Waals surface area contributed by atoms with Gasteiger partial charge in [0.25, 0.3) is 5.91 Å². The molecule has 9 heteroatoms. The van der Waals surface area contributed by atoms with E-state index in [1.807, 2.05) is 38.3 Å². The highest BCUT2D eigenvalue weighted by atomic mass is 32.2. The highest BCUT2D eigenvalue weighted by molar-refractivity contribution is 7.89. The molecule has 0 aliphatic carbocycles. The van der Waals surface area contributed by atoms with Crippen LogP contribution in [0.15, 0.2) is 57.3 Å². The van der Waals surface area contributed by atoms with Crippen molar-refractivity contribution in [3.63, 3.8) is 0 Å². The summed E-state index contributed by atoms with van der Waals surface area (Å²) in [6.07, 6.45) is 0. The zero-order valence-electron chi connectivity index (χ0n) is 15.7. The molecule has 0 bridgehead atoms. The molecule has 0 unspecified atom stereocenters. The van der Waals surface area contributed by atoms with Crippen LogP contribution in [0.1, 0.15) is 41.8 Å². The lowest BCUT2D eigenvalue weighted by molar-refractivity contribution is 0.102. The maximum atomic E-state index is 12.4. The van der Waals surface area contributed by atoms with E-state index < -0.39 is 15.9 Å². The van der Waals surface area contributed by atoms with Gasteiger partial charge in [0, 0.05) is 28.5 Å². The zero-order chi connectivity index (χ0) is 20.4. The lowest BCUT2D eigenvalue weighted by Gasteiger charge is -2.12. The van der Waals surface area contributed by atoms with Crippen LogP contribution < -0.4 is 10.0 Å². The standard InChI is InChI=1S/C19H21N3O4S2/c1-19(2,3)16-11-17(22-26-16)21-18(23)13-6-8-15(9-7-13)28(24,25)20-12-14-5-4-10-27-14/h4-11,20H,12H2,1-3H3,(H,21,22,23). The van der Waals surface area contributed by atoms with Crippen molar-refractivity contribution in [3.05, 3.63) is 64.0 Å². The molecule has 0 aliphatic rings. The van der Waals surface area contributed by atoms with Crippen molar-refractivity contribution in [2.24, 2.45) is 0 Å². The number of hydrogen-bond donors (Lipinski definition) is 2. The van der Waals surface area contributed by atoms with E-state index in [0.717, 1.165) is 4.88 Å². The maximum absolute atomic E-state index is 12.4. The number of sulfonamides is 1. The molecule has 2 N–H and O–H groups in total. The van der Waals surface area contributed by atoms with Crippen LogP contribution in [0.3, 0.4) is 0 Å². The number of hydrogen-bond acceptors (Lipinski definition) is 6. The van der Waals surface area contributed by atoms with Gasteiger partial charge in [0.1, 0.15) is 5.76 Å². The monoisotopic (exact) mass is 419 g/mol. The second-order valence-electron chi connectivity index (χ2n) is 7.21. The first-order chi connectivity index (χ1) is 13.1. The van der Waals surface area contributed by atoms with Crippen molar-refractivity contribution in [3.8, 4) is 0 Å². The van der Waals surface area contributed by atoms with E-state index in [1.54, 1.807) is 6.07 Å². The van der Waals surface area contributed by atoms with Gasteiger partial charge in [-0.15, -0.1) is 11.3 Å². The molecule has 2 heterocycles. The van der Waals surface area contributed by atoms with Crippen LogP contribution in [0.2, 0.25) is 0 Å². The van der Waals surface area contributed by atoms with Crippen molar-refractivity contribution in [2.45, 2.75) is 37.6 Å². The second-order valence-corrected chi connectivity index (χ2v) is 10.0. The summed E-state index contributed by atoms with van der Waals surface area (Å²) in [5.41, 5.74) is 0.0970. The van der Waals surface area contributed by atoms with Crippen LogP contribution in [-0.4, -0.2) is 19.5 Å². The summed E-state index contributed by atoms with van der Waals surface area (Å²) in [6, 6.07) is 11.1. The van der Waals surface area contributed by atoms with Crippen molar-refractivity contribution in [2.75, 3.05) is 5.32 Å². The second kappa shape index (κ2) is 7.86. The molecule has 0 saturated heterocycles. The summed E-state index contributed by atoms with van der Waals surface area (Å²) in [4.78, 5) is 13.4. The number of anilines is 1. The first kappa shape index (κ1) is 20.2. The molecule has 148 valence electrons. The number of aromatic nitrogens is 1. The van der Waals surface area contributed by atoms with Crippen molar-refractivity contribution in [1.82, 2.24) is 9.88 Å². The van der Waals surface area contributed by atoms with Crippen LogP contribution >= 0.6 is 11.3 Å². The predicted molar refractivity (Wildman–Crippen MR) is 108 cm³/mol. The molecule has 28 heavy (non-hydrogen) atoms. The zero-order valence-corrected chi connectivity index (χ0v) is 17.4. The number of thiophene rings is 1. The predicted octanol–water partition coefficient (Wildman–Crippen LogP) is 3.76. The summed E-state index contributed by atoms with van der Waals surface area (Å²) in [5, 5.41) is 8.37. The first-order valence-electron chi connectivity index (χ1n) is 8.56. The Hall–Kier alpha value is -2.49. The Morgan fingerprint density at radius 1 is 1.18 bits per heavy atom. The summed E-state index contributed by atoms with van der Waals surface area (Å²) in [7, 11) is -3.65. The molecule has 0 atom stereocenters. The molecule has 2 aromatic heterocycles. The molecule has 3 rings (SSSR count). The van der Waals surface area contributed by atoms with Gasteiger partial charge in [0.15, 0.2) is 5.82 Å². The number of carbonyl (C=O) groups is 1. The highest BCUT2D eigenvalue weighted by Crippen LogP contribution is 2.24. The first-order valence-corrected chi connectivity index (χ1v) is 10.9. The molecule has 7 nitrogen and oxygen atoms in total. The van der Waals surface area contributed by atoms with Crippen LogP contribution in [0.25, 0.3) is 0 Å². The van der Waals surface area contributed by atoms with E-state index in [0.29, 0.717) is 17.1 Å². The Morgan fingerprint density at radius 3 is 2.46 bits per heavy atom. The lowest BCUT2D eigenvalue weighted by Crippen LogP contribution is -2.23. The largest absolute Gasteiger partial charge is 0.359 e. The average molecular weight is 420 g/mol. The minimum Gasteiger partial charge on any atom is -0.359 e. The minimum atomic E-state index is -3.65. The molecule has 1 aromatic carbocycles. The third-order valence-electron chi connectivity index (χ3n) is 3.93. The van der Waals surface area contributed by atoms with Crippen molar-refractivity contribution in [1.29, 1.82) is 0 Å². The van der Waals surface area contributed by atoms with E-state index in [-0.39, 0.29) is 16.9 Å². The van der Waals surface area contributed by atoms with Gasteiger partial charge < -0.3 is 9.84 Å². The fraction of sp³-hybridized carbons (Fsp3) is 0.263. The fourth-order valence-corrected chi connectivity index (χ4v) is 4.07. The van der Waals surface area contributed by atoms with Gasteiger partial charge in [0.05, 0.1) is 4.90 Å². The maximum Gasteiger partial charge on any atom is 0.256 e. The Morgan fingerprint density at radius 2 is 1.89 bits per heavy atom. The van der Waals surface area contributed by atoms with E-state index in [4.69, 9.17) is 4.52 Å².